The molecule has 2 unspecified atom stereocenters. The third kappa shape index (κ3) is 5.91. The zero-order valence-corrected chi connectivity index (χ0v) is 16.4. The number of nitrogens with zero attached hydrogens (tertiary/aromatic N) is 2. The van der Waals surface area contributed by atoms with Crippen LogP contribution in [0.3, 0.4) is 0 Å². The van der Waals surface area contributed by atoms with Gasteiger partial charge in [0.1, 0.15) is 11.9 Å². The van der Waals surface area contributed by atoms with Crippen LogP contribution < -0.4 is 5.32 Å². The lowest BCUT2D eigenvalue weighted by molar-refractivity contribution is -0.0605. The number of rotatable bonds is 4. The van der Waals surface area contributed by atoms with Crippen LogP contribution in [0.25, 0.3) is 0 Å². The second-order valence-electron chi connectivity index (χ2n) is 5.63. The third-order valence-corrected chi connectivity index (χ3v) is 3.62. The van der Waals surface area contributed by atoms with Crippen LogP contribution in [0.1, 0.15) is 38.9 Å². The predicted octanol–water partition coefficient (Wildman–Crippen LogP) is 3.58. The number of guanidine groups is 1. The van der Waals surface area contributed by atoms with Gasteiger partial charge in [0, 0.05) is 19.6 Å². The van der Waals surface area contributed by atoms with Gasteiger partial charge in [0.25, 0.3) is 0 Å². The van der Waals surface area contributed by atoms with Crippen LogP contribution in [0, 0.1) is 5.82 Å². The van der Waals surface area contributed by atoms with E-state index >= 15 is 0 Å². The van der Waals surface area contributed by atoms with E-state index < -0.39 is 0 Å². The van der Waals surface area contributed by atoms with E-state index in [1.807, 2.05) is 0 Å². The van der Waals surface area contributed by atoms with Crippen molar-refractivity contribution in [2.24, 2.45) is 4.99 Å². The van der Waals surface area contributed by atoms with Crippen molar-refractivity contribution >= 4 is 29.9 Å². The Labute approximate surface area is 155 Å². The standard InChI is InChI=1S/C17H26FN3O.HI/c1-4-10-20-17(19-5-2)21-11-13(3)22-16(12-21)14-6-8-15(18)9-7-14;/h6-9,13,16H,4-5,10-12H2,1-3H3,(H,19,20);1H. The first-order valence-corrected chi connectivity index (χ1v) is 8.08. The lowest BCUT2D eigenvalue weighted by atomic mass is 10.1. The number of ether oxygens (including phenoxy) is 1. The molecule has 0 bridgehead atoms. The fourth-order valence-electron chi connectivity index (χ4n) is 2.63. The third-order valence-electron chi connectivity index (χ3n) is 3.62. The van der Waals surface area contributed by atoms with Crippen molar-refractivity contribution in [1.82, 2.24) is 10.2 Å². The molecule has 0 saturated carbocycles. The second kappa shape index (κ2) is 10.1. The average molecular weight is 435 g/mol. The van der Waals surface area contributed by atoms with E-state index in [1.165, 1.54) is 12.1 Å². The van der Waals surface area contributed by atoms with E-state index in [0.717, 1.165) is 44.1 Å². The second-order valence-corrected chi connectivity index (χ2v) is 5.63. The predicted molar refractivity (Wildman–Crippen MR) is 103 cm³/mol. The fourth-order valence-corrected chi connectivity index (χ4v) is 2.63. The molecule has 1 N–H and O–H groups in total. The van der Waals surface area contributed by atoms with Crippen molar-refractivity contribution < 1.29 is 9.13 Å². The smallest absolute Gasteiger partial charge is 0.194 e. The Morgan fingerprint density at radius 1 is 1.30 bits per heavy atom. The highest BCUT2D eigenvalue weighted by Crippen LogP contribution is 2.25. The number of benzene rings is 1. The molecule has 0 amide bonds. The molecule has 2 atom stereocenters. The molecule has 4 nitrogen and oxygen atoms in total. The molecule has 1 heterocycles. The van der Waals surface area contributed by atoms with Gasteiger partial charge in [-0.25, -0.2) is 4.39 Å². The molecule has 2 rings (SSSR count). The summed E-state index contributed by atoms with van der Waals surface area (Å²) < 4.78 is 19.1. The first kappa shape index (κ1) is 20.2. The monoisotopic (exact) mass is 435 g/mol. The first-order valence-electron chi connectivity index (χ1n) is 8.08. The summed E-state index contributed by atoms with van der Waals surface area (Å²) in [4.78, 5) is 6.89. The Hall–Kier alpha value is -0.890. The van der Waals surface area contributed by atoms with Gasteiger partial charge >= 0.3 is 0 Å². The Kier molecular flexibility index (Phi) is 8.83. The maximum Gasteiger partial charge on any atom is 0.194 e. The van der Waals surface area contributed by atoms with Crippen LogP contribution in [0.2, 0.25) is 0 Å². The Bertz CT molecular complexity index is 495. The SMILES string of the molecule is CCCN=C(NCC)N1CC(C)OC(c2ccc(F)cc2)C1.I. The molecular weight excluding hydrogens is 408 g/mol. The Balaban J connectivity index is 0.00000264. The van der Waals surface area contributed by atoms with Gasteiger partial charge in [0.2, 0.25) is 0 Å². The maximum atomic E-state index is 13.1. The summed E-state index contributed by atoms with van der Waals surface area (Å²) in [5.74, 6) is 0.717. The highest BCUT2D eigenvalue weighted by molar-refractivity contribution is 14.0. The first-order chi connectivity index (χ1) is 10.6. The zero-order chi connectivity index (χ0) is 15.9. The molecule has 1 saturated heterocycles. The minimum absolute atomic E-state index is 0. The van der Waals surface area contributed by atoms with E-state index in [2.05, 4.69) is 36.0 Å². The highest BCUT2D eigenvalue weighted by Gasteiger charge is 2.28. The van der Waals surface area contributed by atoms with Gasteiger partial charge in [-0.1, -0.05) is 19.1 Å². The van der Waals surface area contributed by atoms with E-state index in [1.54, 1.807) is 12.1 Å². The molecule has 130 valence electrons. The van der Waals surface area contributed by atoms with Gasteiger partial charge < -0.3 is 15.0 Å². The lowest BCUT2D eigenvalue weighted by Crippen LogP contribution is -2.50. The summed E-state index contributed by atoms with van der Waals surface area (Å²) in [6.45, 7) is 9.45. The Morgan fingerprint density at radius 2 is 2.00 bits per heavy atom. The van der Waals surface area contributed by atoms with Gasteiger partial charge in [-0.2, -0.15) is 0 Å². The molecule has 0 spiro atoms. The number of nitrogens with one attached hydrogen (secondary N) is 1. The molecule has 6 heteroatoms. The molecule has 1 aliphatic rings. The van der Waals surface area contributed by atoms with Gasteiger partial charge in [-0.3, -0.25) is 4.99 Å². The zero-order valence-electron chi connectivity index (χ0n) is 14.1. The average Bonchev–Trinajstić information content (AvgIpc) is 2.51. The van der Waals surface area contributed by atoms with Crippen LogP contribution in [0.15, 0.2) is 29.3 Å². The van der Waals surface area contributed by atoms with Gasteiger partial charge in [-0.15, -0.1) is 24.0 Å². The van der Waals surface area contributed by atoms with Crippen molar-refractivity contribution in [2.75, 3.05) is 26.2 Å². The molecule has 1 fully saturated rings. The van der Waals surface area contributed by atoms with Crippen LogP contribution in [-0.4, -0.2) is 43.1 Å². The minimum Gasteiger partial charge on any atom is -0.367 e. The minimum atomic E-state index is -0.220. The van der Waals surface area contributed by atoms with Crippen molar-refractivity contribution in [3.05, 3.63) is 35.6 Å². The highest BCUT2D eigenvalue weighted by atomic mass is 127. The Morgan fingerprint density at radius 3 is 2.61 bits per heavy atom. The van der Waals surface area contributed by atoms with Crippen molar-refractivity contribution in [3.8, 4) is 0 Å². The topological polar surface area (TPSA) is 36.9 Å². The summed E-state index contributed by atoms with van der Waals surface area (Å²) in [5, 5.41) is 3.35. The normalized spacial score (nSPS) is 21.7. The number of aliphatic imine (C=N–C) groups is 1. The van der Waals surface area contributed by atoms with Crippen molar-refractivity contribution in [1.29, 1.82) is 0 Å². The van der Waals surface area contributed by atoms with Crippen LogP contribution in [0.4, 0.5) is 4.39 Å². The molecule has 0 aromatic heterocycles. The van der Waals surface area contributed by atoms with Gasteiger partial charge in [0.15, 0.2) is 5.96 Å². The van der Waals surface area contributed by atoms with Gasteiger partial charge in [0.05, 0.1) is 12.6 Å². The molecule has 23 heavy (non-hydrogen) atoms. The summed E-state index contributed by atoms with van der Waals surface area (Å²) in [5.41, 5.74) is 1.00. The lowest BCUT2D eigenvalue weighted by Gasteiger charge is -2.38. The quantitative estimate of drug-likeness (QED) is 0.446. The maximum absolute atomic E-state index is 13.1. The summed E-state index contributed by atoms with van der Waals surface area (Å²) in [7, 11) is 0. The molecule has 1 aromatic carbocycles. The number of hydrogen-bond acceptors (Lipinski definition) is 2. The van der Waals surface area contributed by atoms with Crippen LogP contribution in [0.5, 0.6) is 0 Å². The molecule has 1 aliphatic heterocycles. The summed E-state index contributed by atoms with van der Waals surface area (Å²) >= 11 is 0. The molecule has 1 aromatic rings. The molecule has 0 aliphatic carbocycles. The van der Waals surface area contributed by atoms with E-state index in [0.29, 0.717) is 0 Å². The van der Waals surface area contributed by atoms with Crippen LogP contribution in [-0.2, 0) is 4.74 Å². The van der Waals surface area contributed by atoms with Gasteiger partial charge in [-0.05, 0) is 38.0 Å². The van der Waals surface area contributed by atoms with E-state index in [-0.39, 0.29) is 42.0 Å². The van der Waals surface area contributed by atoms with Crippen molar-refractivity contribution in [3.63, 3.8) is 0 Å². The van der Waals surface area contributed by atoms with Crippen molar-refractivity contribution in [2.45, 2.75) is 39.4 Å². The molecule has 0 radical (unpaired) electrons. The fraction of sp³-hybridized carbons (Fsp3) is 0.588. The molecular formula is C17H27FIN3O. The largest absolute Gasteiger partial charge is 0.367 e. The summed E-state index contributed by atoms with van der Waals surface area (Å²) in [6.07, 6.45) is 1.07. The number of halogens is 2. The van der Waals surface area contributed by atoms with E-state index in [4.69, 9.17) is 4.74 Å². The van der Waals surface area contributed by atoms with E-state index in [9.17, 15) is 4.39 Å². The number of morpholine rings is 1. The van der Waals surface area contributed by atoms with Crippen LogP contribution >= 0.6 is 24.0 Å². The number of hydrogen-bond donors (Lipinski definition) is 1. The summed E-state index contributed by atoms with van der Waals surface area (Å²) in [6, 6.07) is 6.57.